The highest BCUT2D eigenvalue weighted by atomic mass is 32.2. The summed E-state index contributed by atoms with van der Waals surface area (Å²) in [7, 11) is -4.45. The number of hydrogen-bond acceptors (Lipinski definition) is 10. The van der Waals surface area contributed by atoms with Gasteiger partial charge in [0.2, 0.25) is 0 Å². The Morgan fingerprint density at radius 3 is 2.61 bits per heavy atom. The lowest BCUT2D eigenvalue weighted by molar-refractivity contribution is -0.173. The molecule has 1 amide bonds. The second kappa shape index (κ2) is 15.7. The summed E-state index contributed by atoms with van der Waals surface area (Å²) in [5.41, 5.74) is 8.81. The van der Waals surface area contributed by atoms with E-state index in [2.05, 4.69) is 41.5 Å². The molecule has 0 aliphatic carbocycles. The van der Waals surface area contributed by atoms with E-state index in [1.807, 2.05) is 20.0 Å². The fourth-order valence-electron chi connectivity index (χ4n) is 4.82. The van der Waals surface area contributed by atoms with Crippen molar-refractivity contribution in [2.45, 2.75) is 96.6 Å². The third-order valence-corrected chi connectivity index (χ3v) is 8.13. The maximum atomic E-state index is 12.1. The third-order valence-electron chi connectivity index (χ3n) is 7.23. The predicted octanol–water partition coefficient (Wildman–Crippen LogP) is 1.95. The largest absolute Gasteiger partial charge is 0.390 e. The van der Waals surface area contributed by atoms with Crippen molar-refractivity contribution >= 4 is 16.2 Å². The number of unbranched alkanes of at least 4 members (excludes halogenated alkanes) is 2. The van der Waals surface area contributed by atoms with Crippen LogP contribution >= 0.6 is 0 Å². The van der Waals surface area contributed by atoms with Crippen molar-refractivity contribution in [1.29, 1.82) is 0 Å². The average Bonchev–Trinajstić information content (AvgIpc) is 3.39. The van der Waals surface area contributed by atoms with Gasteiger partial charge in [-0.2, -0.15) is 8.42 Å². The molecule has 2 aromatic rings. The maximum Gasteiger partial charge on any atom is 0.362 e. The first-order chi connectivity index (χ1) is 19.5. The average molecular weight is 596 g/mol. The normalized spacial score (nSPS) is 22.1. The molecule has 3 rings (SSSR count). The van der Waals surface area contributed by atoms with Gasteiger partial charge in [-0.05, 0) is 43.6 Å². The third kappa shape index (κ3) is 10.4. The van der Waals surface area contributed by atoms with Gasteiger partial charge in [-0.15, -0.1) is 5.10 Å². The lowest BCUT2D eigenvalue weighted by Gasteiger charge is -2.37. The van der Waals surface area contributed by atoms with Crippen molar-refractivity contribution in [2.24, 2.45) is 17.6 Å². The summed E-state index contributed by atoms with van der Waals surface area (Å²) in [5, 5.41) is 29.6. The Bertz CT molecular complexity index is 1190. The number of carbonyl (C=O) groups is 1. The number of nitrogens with zero attached hydrogens (tertiary/aromatic N) is 3. The fourth-order valence-corrected chi connectivity index (χ4v) is 5.59. The summed E-state index contributed by atoms with van der Waals surface area (Å²) >= 11 is 0. The first kappa shape index (κ1) is 33.1. The summed E-state index contributed by atoms with van der Waals surface area (Å²) in [6.45, 7) is 6.05. The molecule has 13 heteroatoms. The van der Waals surface area contributed by atoms with Gasteiger partial charge in [0.15, 0.2) is 0 Å². The number of benzene rings is 1. The topological polar surface area (TPSA) is 179 Å². The predicted molar refractivity (Wildman–Crippen MR) is 154 cm³/mol. The Morgan fingerprint density at radius 2 is 1.93 bits per heavy atom. The molecular formula is C28H45N5O7S. The fraction of sp³-hybridized carbons (Fsp3) is 0.679. The van der Waals surface area contributed by atoms with Gasteiger partial charge in [-0.25, -0.2) is 4.72 Å². The van der Waals surface area contributed by atoms with Crippen LogP contribution in [0.4, 0.5) is 0 Å². The van der Waals surface area contributed by atoms with Crippen LogP contribution in [0.25, 0.3) is 11.3 Å². The highest BCUT2D eigenvalue weighted by Crippen LogP contribution is 2.25. The Morgan fingerprint density at radius 1 is 1.20 bits per heavy atom. The molecule has 1 aliphatic rings. The van der Waals surface area contributed by atoms with E-state index in [-0.39, 0.29) is 18.4 Å². The summed E-state index contributed by atoms with van der Waals surface area (Å²) in [4.78, 5) is 12.0. The van der Waals surface area contributed by atoms with Crippen LogP contribution in [-0.4, -0.2) is 77.1 Å². The molecule has 230 valence electrons. The number of amides is 1. The van der Waals surface area contributed by atoms with E-state index in [9.17, 15) is 23.4 Å². The van der Waals surface area contributed by atoms with Gasteiger partial charge in [0, 0.05) is 18.0 Å². The van der Waals surface area contributed by atoms with Crippen LogP contribution in [-0.2, 0) is 37.0 Å². The Hall–Kier alpha value is -2.42. The number of aliphatic hydroxyl groups excluding tert-OH is 2. The molecule has 0 spiro atoms. The Labute approximate surface area is 242 Å². The minimum absolute atomic E-state index is 0.108. The van der Waals surface area contributed by atoms with Crippen LogP contribution in [0, 0.1) is 11.8 Å². The van der Waals surface area contributed by atoms with Gasteiger partial charge in [0.1, 0.15) is 17.9 Å². The smallest absolute Gasteiger partial charge is 0.362 e. The number of ether oxygens (including phenoxy) is 1. The van der Waals surface area contributed by atoms with Crippen LogP contribution in [0.1, 0.15) is 64.9 Å². The van der Waals surface area contributed by atoms with Crippen molar-refractivity contribution in [3.63, 3.8) is 0 Å². The zero-order valence-electron chi connectivity index (χ0n) is 24.2. The van der Waals surface area contributed by atoms with Gasteiger partial charge in [-0.1, -0.05) is 63.1 Å². The van der Waals surface area contributed by atoms with E-state index in [1.165, 1.54) is 24.8 Å². The molecule has 41 heavy (non-hydrogen) atoms. The Kier molecular flexibility index (Phi) is 12.7. The SMILES string of the molecule is CCCCCc1ccc(-c2cn(CCC[C@@H]3CO[C@H](COS(=O)(=O)NC(=O)[C@@H](N)CC(C)C)[C@@H](O)[C@H]3O)nn2)cc1. The molecule has 1 aromatic heterocycles. The van der Waals surface area contributed by atoms with Crippen molar-refractivity contribution in [3.8, 4) is 11.3 Å². The van der Waals surface area contributed by atoms with Crippen LogP contribution in [0.5, 0.6) is 0 Å². The monoisotopic (exact) mass is 595 g/mol. The maximum absolute atomic E-state index is 12.1. The van der Waals surface area contributed by atoms with Crippen molar-refractivity contribution < 1.29 is 32.3 Å². The highest BCUT2D eigenvalue weighted by molar-refractivity contribution is 7.85. The molecular weight excluding hydrogens is 550 g/mol. The highest BCUT2D eigenvalue weighted by Gasteiger charge is 2.39. The standard InChI is InChI=1S/C28H45N5O7S/c1-4-5-6-8-20-10-12-21(13-11-20)24-16-33(32-30-24)14-7-9-22-17-39-25(27(35)26(22)34)18-40-41(37,38)31-28(36)23(29)15-19(2)3/h10-13,16,19,22-23,25-27,34-35H,4-9,14-15,17-18,29H2,1-3H3,(H,31,36)/t22-,23+,25-,26+,27-/m1/s1. The van der Waals surface area contributed by atoms with E-state index in [1.54, 1.807) is 9.40 Å². The lowest BCUT2D eigenvalue weighted by Crippen LogP contribution is -2.52. The molecule has 0 radical (unpaired) electrons. The molecule has 0 unspecified atom stereocenters. The van der Waals surface area contributed by atoms with Crippen LogP contribution in [0.15, 0.2) is 30.5 Å². The van der Waals surface area contributed by atoms with Crippen LogP contribution in [0.3, 0.4) is 0 Å². The minimum Gasteiger partial charge on any atom is -0.390 e. The number of rotatable bonds is 16. The zero-order valence-corrected chi connectivity index (χ0v) is 25.0. The van der Waals surface area contributed by atoms with Gasteiger partial charge >= 0.3 is 10.3 Å². The van der Waals surface area contributed by atoms with Gasteiger partial charge in [0.25, 0.3) is 5.91 Å². The summed E-state index contributed by atoms with van der Waals surface area (Å²) < 4.78 is 38.2. The van der Waals surface area contributed by atoms with Crippen molar-refractivity contribution in [1.82, 2.24) is 19.7 Å². The Balaban J connectivity index is 1.41. The lowest BCUT2D eigenvalue weighted by atomic mass is 9.89. The second-order valence-electron chi connectivity index (χ2n) is 11.2. The molecule has 5 atom stereocenters. The number of nitrogens with two attached hydrogens (primary N) is 1. The molecule has 12 nitrogen and oxygen atoms in total. The van der Waals surface area contributed by atoms with Gasteiger partial charge in [-0.3, -0.25) is 13.7 Å². The second-order valence-corrected chi connectivity index (χ2v) is 12.6. The molecule has 1 aliphatic heterocycles. The molecule has 2 heterocycles. The summed E-state index contributed by atoms with van der Waals surface area (Å²) in [6.07, 6.45) is 4.54. The van der Waals surface area contributed by atoms with Gasteiger partial charge in [0.05, 0.1) is 31.6 Å². The van der Waals surface area contributed by atoms with Crippen molar-refractivity contribution in [3.05, 3.63) is 36.0 Å². The minimum atomic E-state index is -4.45. The molecule has 1 saturated heterocycles. The summed E-state index contributed by atoms with van der Waals surface area (Å²) in [5.74, 6) is -1.12. The summed E-state index contributed by atoms with van der Waals surface area (Å²) in [6, 6.07) is 7.39. The van der Waals surface area contributed by atoms with E-state index in [0.29, 0.717) is 25.8 Å². The molecule has 0 saturated carbocycles. The van der Waals surface area contributed by atoms with Crippen LogP contribution in [0.2, 0.25) is 0 Å². The van der Waals surface area contributed by atoms with E-state index < -0.39 is 47.2 Å². The van der Waals surface area contributed by atoms with E-state index >= 15 is 0 Å². The first-order valence-electron chi connectivity index (χ1n) is 14.4. The van der Waals surface area contributed by atoms with Crippen LogP contribution < -0.4 is 10.5 Å². The van der Waals surface area contributed by atoms with E-state index in [4.69, 9.17) is 14.7 Å². The molecule has 1 fully saturated rings. The number of aliphatic hydroxyl groups is 2. The number of nitrogens with one attached hydrogen (secondary N) is 1. The number of aromatic nitrogens is 3. The first-order valence-corrected chi connectivity index (χ1v) is 15.8. The van der Waals surface area contributed by atoms with Gasteiger partial charge < -0.3 is 20.7 Å². The molecule has 0 bridgehead atoms. The number of aryl methyl sites for hydroxylation is 2. The molecule has 1 aromatic carbocycles. The van der Waals surface area contributed by atoms with E-state index in [0.717, 1.165) is 17.7 Å². The number of carbonyl (C=O) groups excluding carboxylic acids is 1. The molecule has 5 N–H and O–H groups in total. The zero-order chi connectivity index (χ0) is 30.0. The van der Waals surface area contributed by atoms with Crippen molar-refractivity contribution in [2.75, 3.05) is 13.2 Å². The number of hydrogen-bond donors (Lipinski definition) is 4. The quantitative estimate of drug-likeness (QED) is 0.210.